The summed E-state index contributed by atoms with van der Waals surface area (Å²) < 4.78 is 30.8. The number of rotatable bonds is 20. The Morgan fingerprint density at radius 3 is 2.32 bits per heavy atom. The van der Waals surface area contributed by atoms with Crippen LogP contribution in [0.5, 0.6) is 0 Å². The van der Waals surface area contributed by atoms with Gasteiger partial charge in [-0.1, -0.05) is 108 Å². The number of aliphatic hydroxyl groups excluding tert-OH is 1. The molecule has 0 radical (unpaired) electrons. The Kier molecular flexibility index (Phi) is 14.4. The van der Waals surface area contributed by atoms with Gasteiger partial charge in [-0.3, -0.25) is 19.2 Å². The molecule has 5 fully saturated rings. The zero-order valence-corrected chi connectivity index (χ0v) is 37.1. The van der Waals surface area contributed by atoms with Crippen LogP contribution in [0, 0.1) is 10.8 Å². The van der Waals surface area contributed by atoms with Crippen molar-refractivity contribution in [1.82, 2.24) is 15.3 Å². The van der Waals surface area contributed by atoms with Crippen molar-refractivity contribution in [2.24, 2.45) is 10.8 Å². The quantitative estimate of drug-likeness (QED) is 0.0802. The summed E-state index contributed by atoms with van der Waals surface area (Å²) in [6.45, 7) is 7.79. The van der Waals surface area contributed by atoms with Crippen LogP contribution in [0.25, 0.3) is 6.08 Å². The van der Waals surface area contributed by atoms with Gasteiger partial charge >= 0.3 is 17.9 Å². The standard InChI is InChI=1S/C48H63N3O12/c1-6-8-13-22-47(23-14-9-7-2)61-37-35-28-48(45(57)50(5)34(42(54)49-24-25-52)27-31-16-11-10-12-17-31)39(43(55)59-35)51(63-40(48)38(37)62-47)29-33-19-15-18-32(26-33)20-21-36(53)60-41-44(56)58-30-46(41,3)4/h10-12,15-21,26,34-35,37-41,52H,6-9,13-14,22-25,27-30H2,1-5H3,(H,49,54)/t34-,35-,37+,38+,39+,40-,41+,48+/m1/s1. The molecule has 0 spiro atoms. The minimum Gasteiger partial charge on any atom is -0.462 e. The van der Waals surface area contributed by atoms with Gasteiger partial charge in [-0.15, -0.1) is 0 Å². The lowest BCUT2D eigenvalue weighted by Crippen LogP contribution is -2.70. The fraction of sp³-hybridized carbons (Fsp3) is 0.604. The second kappa shape index (κ2) is 19.6. The van der Waals surface area contributed by atoms with Crippen molar-refractivity contribution in [3.63, 3.8) is 0 Å². The summed E-state index contributed by atoms with van der Waals surface area (Å²) in [6.07, 6.45) is 5.84. The second-order valence-electron chi connectivity index (χ2n) is 18.3. The van der Waals surface area contributed by atoms with Crippen molar-refractivity contribution in [3.8, 4) is 0 Å². The summed E-state index contributed by atoms with van der Waals surface area (Å²) in [4.78, 5) is 77.4. The van der Waals surface area contributed by atoms with Crippen molar-refractivity contribution in [2.45, 2.75) is 147 Å². The van der Waals surface area contributed by atoms with Crippen molar-refractivity contribution in [3.05, 3.63) is 77.4 Å². The van der Waals surface area contributed by atoms with Crippen LogP contribution in [0.1, 0.15) is 102 Å². The first kappa shape index (κ1) is 46.3. The Balaban J connectivity index is 1.22. The number of hydroxylamine groups is 2. The summed E-state index contributed by atoms with van der Waals surface area (Å²) in [5.41, 5.74) is -0.0229. The molecule has 342 valence electrons. The number of cyclic esters (lactones) is 1. The Labute approximate surface area is 369 Å². The number of hydrogen-bond acceptors (Lipinski definition) is 13. The number of carbonyl (C=O) groups excluding carboxylic acids is 5. The van der Waals surface area contributed by atoms with Gasteiger partial charge in [-0.2, -0.15) is 5.06 Å². The molecule has 0 unspecified atom stereocenters. The van der Waals surface area contributed by atoms with Crippen molar-refractivity contribution in [1.29, 1.82) is 0 Å². The predicted octanol–water partition coefficient (Wildman–Crippen LogP) is 4.81. The molecule has 2 amide bonds. The number of carbonyl (C=O) groups is 5. The maximum atomic E-state index is 15.6. The molecule has 7 rings (SSSR count). The number of aliphatic hydroxyl groups is 1. The minimum absolute atomic E-state index is 0.00365. The molecular formula is C48H63N3O12. The number of hydrogen-bond donors (Lipinski definition) is 2. The predicted molar refractivity (Wildman–Crippen MR) is 229 cm³/mol. The van der Waals surface area contributed by atoms with E-state index in [4.69, 9.17) is 28.5 Å². The van der Waals surface area contributed by atoms with Crippen LogP contribution in [-0.2, 0) is 65.5 Å². The number of benzene rings is 2. The maximum Gasteiger partial charge on any atom is 0.348 e. The van der Waals surface area contributed by atoms with Gasteiger partial charge in [-0.05, 0) is 35.6 Å². The van der Waals surface area contributed by atoms with Gasteiger partial charge in [0.2, 0.25) is 17.9 Å². The highest BCUT2D eigenvalue weighted by molar-refractivity contribution is 5.96. The lowest BCUT2D eigenvalue weighted by Gasteiger charge is -2.50. The molecule has 8 atom stereocenters. The van der Waals surface area contributed by atoms with E-state index in [9.17, 15) is 24.3 Å². The number of unbranched alkanes of at least 4 members (excludes halogenated alkanes) is 4. The summed E-state index contributed by atoms with van der Waals surface area (Å²) in [5, 5.41) is 13.9. The largest absolute Gasteiger partial charge is 0.462 e. The average molecular weight is 874 g/mol. The normalized spacial score (nSPS) is 28.3. The van der Waals surface area contributed by atoms with Gasteiger partial charge < -0.3 is 39.0 Å². The van der Waals surface area contributed by atoms with Crippen LogP contribution < -0.4 is 5.32 Å². The number of likely N-dealkylation sites (N-methyl/N-ethyl adjacent to an activating group) is 1. The van der Waals surface area contributed by atoms with E-state index >= 15 is 4.79 Å². The molecule has 15 heteroatoms. The Morgan fingerprint density at radius 1 is 0.952 bits per heavy atom. The molecular weight excluding hydrogens is 811 g/mol. The average Bonchev–Trinajstić information content (AvgIpc) is 3.91. The maximum absolute atomic E-state index is 15.6. The van der Waals surface area contributed by atoms with Crippen LogP contribution in [0.15, 0.2) is 60.7 Å². The molecule has 1 aliphatic carbocycles. The van der Waals surface area contributed by atoms with E-state index in [1.807, 2.05) is 42.5 Å². The molecule has 4 saturated heterocycles. The molecule has 1 saturated carbocycles. The van der Waals surface area contributed by atoms with Gasteiger partial charge in [0.1, 0.15) is 42.5 Å². The third kappa shape index (κ3) is 9.58. The van der Waals surface area contributed by atoms with E-state index in [0.717, 1.165) is 44.1 Å². The van der Waals surface area contributed by atoms with E-state index in [2.05, 4.69) is 19.2 Å². The molecule has 63 heavy (non-hydrogen) atoms. The van der Waals surface area contributed by atoms with Gasteiger partial charge in [-0.25, -0.2) is 9.59 Å². The first-order chi connectivity index (χ1) is 30.3. The molecule has 0 aromatic heterocycles. The Bertz CT molecular complexity index is 2000. The summed E-state index contributed by atoms with van der Waals surface area (Å²) in [6, 6.07) is 14.4. The highest BCUT2D eigenvalue weighted by Crippen LogP contribution is 2.58. The number of ether oxygens (including phenoxy) is 5. The highest BCUT2D eigenvalue weighted by atomic mass is 16.8. The molecule has 2 N–H and O–H groups in total. The molecule has 2 bridgehead atoms. The fourth-order valence-electron chi connectivity index (χ4n) is 9.92. The third-order valence-corrected chi connectivity index (χ3v) is 13.2. The van der Waals surface area contributed by atoms with Gasteiger partial charge in [0.15, 0.2) is 11.8 Å². The SMILES string of the molecule is CCCCCC1(CCCCC)O[C@@H]2[C@H](O1)[C@H]1ON(Cc3cccc(C=CC(=O)O[C@H]4C(=O)OCC4(C)C)c3)[C@H]3C(=O)O[C@@H]2C[C@@]13C(=O)N(C)[C@H](Cc1ccccc1)C(=O)NCCO. The van der Waals surface area contributed by atoms with E-state index < -0.39 is 88.9 Å². The first-order valence-electron chi connectivity index (χ1n) is 22.6. The number of esters is 3. The van der Waals surface area contributed by atoms with Gasteiger partial charge in [0, 0.05) is 50.8 Å². The number of fused-ring (bicyclic) bond motifs is 4. The van der Waals surface area contributed by atoms with E-state index in [1.54, 1.807) is 39.1 Å². The van der Waals surface area contributed by atoms with E-state index in [0.29, 0.717) is 24.0 Å². The number of nitrogens with zero attached hydrogens (tertiary/aromatic N) is 2. The molecule has 4 heterocycles. The summed E-state index contributed by atoms with van der Waals surface area (Å²) >= 11 is 0. The molecule has 15 nitrogen and oxygen atoms in total. The van der Waals surface area contributed by atoms with Crippen molar-refractivity contribution in [2.75, 3.05) is 26.8 Å². The highest BCUT2D eigenvalue weighted by Gasteiger charge is 2.76. The van der Waals surface area contributed by atoms with Crippen LogP contribution in [0.4, 0.5) is 0 Å². The molecule has 2 aromatic rings. The molecule has 2 aromatic carbocycles. The fourth-order valence-corrected chi connectivity index (χ4v) is 9.92. The van der Waals surface area contributed by atoms with Crippen LogP contribution >= 0.6 is 0 Å². The number of nitrogens with one attached hydrogen (secondary N) is 1. The van der Waals surface area contributed by atoms with Crippen molar-refractivity contribution >= 4 is 35.8 Å². The zero-order valence-electron chi connectivity index (χ0n) is 37.1. The summed E-state index contributed by atoms with van der Waals surface area (Å²) in [5.74, 6) is -3.77. The van der Waals surface area contributed by atoms with E-state index in [-0.39, 0.29) is 39.1 Å². The minimum atomic E-state index is -1.54. The van der Waals surface area contributed by atoms with Gasteiger partial charge in [0.05, 0.1) is 13.2 Å². The summed E-state index contributed by atoms with van der Waals surface area (Å²) in [7, 11) is 1.58. The zero-order chi connectivity index (χ0) is 44.9. The Morgan fingerprint density at radius 2 is 1.65 bits per heavy atom. The Hall–Kier alpha value is -4.67. The van der Waals surface area contributed by atoms with Crippen LogP contribution in [0.2, 0.25) is 0 Å². The first-order valence-corrected chi connectivity index (χ1v) is 22.6. The monoisotopic (exact) mass is 873 g/mol. The smallest absolute Gasteiger partial charge is 0.348 e. The number of amides is 2. The molecule has 5 aliphatic rings. The van der Waals surface area contributed by atoms with E-state index in [1.165, 1.54) is 16.0 Å². The third-order valence-electron chi connectivity index (χ3n) is 13.2. The second-order valence-corrected chi connectivity index (χ2v) is 18.3. The lowest BCUT2D eigenvalue weighted by molar-refractivity contribution is -0.225. The lowest BCUT2D eigenvalue weighted by atomic mass is 9.62. The van der Waals surface area contributed by atoms with Crippen LogP contribution in [-0.4, -0.2) is 120 Å². The van der Waals surface area contributed by atoms with Gasteiger partial charge in [0.25, 0.3) is 0 Å². The van der Waals surface area contributed by atoms with Crippen molar-refractivity contribution < 1.29 is 57.6 Å². The topological polar surface area (TPSA) is 179 Å². The van der Waals surface area contributed by atoms with Crippen LogP contribution in [0.3, 0.4) is 0 Å². The molecule has 4 aliphatic heterocycles.